The number of benzene rings is 1. The zero-order valence-corrected chi connectivity index (χ0v) is 13.9. The summed E-state index contributed by atoms with van der Waals surface area (Å²) < 4.78 is 1.61. The Morgan fingerprint density at radius 2 is 2.17 bits per heavy atom. The van der Waals surface area contributed by atoms with E-state index < -0.39 is 0 Å². The Morgan fingerprint density at radius 3 is 2.96 bits per heavy atom. The lowest BCUT2D eigenvalue weighted by molar-refractivity contribution is 0.252. The Balaban J connectivity index is 1.50. The van der Waals surface area contributed by atoms with Crippen molar-refractivity contribution in [1.29, 1.82) is 0 Å². The minimum Gasteiger partial charge on any atom is -0.358 e. The molecule has 3 aromatic rings. The molecule has 0 aliphatic rings. The van der Waals surface area contributed by atoms with Gasteiger partial charge in [-0.2, -0.15) is 5.10 Å². The Bertz CT molecular complexity index is 823. The maximum absolute atomic E-state index is 11.8. The average Bonchev–Trinajstić information content (AvgIpc) is 3.07. The molecule has 0 atom stereocenters. The van der Waals surface area contributed by atoms with Crippen LogP contribution in [0.1, 0.15) is 5.69 Å². The first kappa shape index (κ1) is 15.5. The van der Waals surface area contributed by atoms with Crippen molar-refractivity contribution in [2.75, 3.05) is 17.6 Å². The monoisotopic (exact) mass is 329 g/mol. The fourth-order valence-corrected chi connectivity index (χ4v) is 3.42. The summed E-state index contributed by atoms with van der Waals surface area (Å²) in [6.07, 6.45) is 1.64. The Hall–Kier alpha value is -2.41. The highest BCUT2D eigenvalue weighted by Crippen LogP contribution is 2.30. The van der Waals surface area contributed by atoms with E-state index in [1.165, 1.54) is 10.3 Å². The third kappa shape index (κ3) is 3.50. The summed E-state index contributed by atoms with van der Waals surface area (Å²) in [7, 11) is 1.78. The molecule has 0 bridgehead atoms. The summed E-state index contributed by atoms with van der Waals surface area (Å²) in [5, 5.41) is 10.9. The number of nitrogens with zero attached hydrogens (tertiary/aromatic N) is 2. The van der Waals surface area contributed by atoms with Crippen LogP contribution < -0.4 is 10.6 Å². The summed E-state index contributed by atoms with van der Waals surface area (Å²) in [6.45, 7) is 2.66. The molecule has 2 aromatic heterocycles. The van der Waals surface area contributed by atoms with Crippen molar-refractivity contribution >= 4 is 34.5 Å². The van der Waals surface area contributed by atoms with Crippen LogP contribution in [0.2, 0.25) is 0 Å². The maximum Gasteiger partial charge on any atom is 0.320 e. The molecule has 120 valence electrons. The molecule has 0 saturated carbocycles. The number of urea groups is 1. The van der Waals surface area contributed by atoms with Gasteiger partial charge in [-0.25, -0.2) is 4.79 Å². The van der Waals surface area contributed by atoms with E-state index in [4.69, 9.17) is 0 Å². The molecule has 1 aromatic carbocycles. The predicted octanol–water partition coefficient (Wildman–Crippen LogP) is 3.12. The summed E-state index contributed by atoms with van der Waals surface area (Å²) >= 11 is 1.74. The molecular formula is C16H19N5OS. The van der Waals surface area contributed by atoms with Crippen LogP contribution in [0, 0.1) is 6.92 Å². The normalized spacial score (nSPS) is 10.9. The van der Waals surface area contributed by atoms with Gasteiger partial charge in [-0.05, 0) is 13.0 Å². The number of thioether (sulfide) groups is 1. The van der Waals surface area contributed by atoms with Gasteiger partial charge in [0, 0.05) is 46.9 Å². The topological polar surface area (TPSA) is 74.7 Å². The number of nitrogens with one attached hydrogen (secondary N) is 3. The summed E-state index contributed by atoms with van der Waals surface area (Å²) in [5.74, 6) is 1.48. The number of H-pyrrole nitrogens is 1. The Labute approximate surface area is 138 Å². The molecule has 3 rings (SSSR count). The van der Waals surface area contributed by atoms with Gasteiger partial charge in [0.2, 0.25) is 0 Å². The van der Waals surface area contributed by atoms with E-state index in [1.807, 2.05) is 12.1 Å². The zero-order valence-electron chi connectivity index (χ0n) is 13.1. The molecular weight excluding hydrogens is 310 g/mol. The van der Waals surface area contributed by atoms with Gasteiger partial charge in [-0.3, -0.25) is 10.00 Å². The quantitative estimate of drug-likeness (QED) is 0.497. The number of amides is 2. The Kier molecular flexibility index (Phi) is 4.57. The number of aryl methyl sites for hydroxylation is 2. The zero-order chi connectivity index (χ0) is 16.2. The fourth-order valence-electron chi connectivity index (χ4n) is 2.41. The number of para-hydroxylation sites is 1. The molecule has 0 spiro atoms. The molecule has 23 heavy (non-hydrogen) atoms. The van der Waals surface area contributed by atoms with E-state index >= 15 is 0 Å². The van der Waals surface area contributed by atoms with E-state index in [2.05, 4.69) is 39.8 Å². The number of hydrogen-bond acceptors (Lipinski definition) is 3. The van der Waals surface area contributed by atoms with Gasteiger partial charge in [-0.15, -0.1) is 11.8 Å². The number of aromatic amines is 1. The van der Waals surface area contributed by atoms with Gasteiger partial charge in [0.15, 0.2) is 0 Å². The van der Waals surface area contributed by atoms with Gasteiger partial charge < -0.3 is 10.3 Å². The van der Waals surface area contributed by atoms with E-state index in [0.717, 1.165) is 17.0 Å². The van der Waals surface area contributed by atoms with Crippen LogP contribution in [0.4, 0.5) is 10.6 Å². The molecule has 6 nitrogen and oxygen atoms in total. The van der Waals surface area contributed by atoms with E-state index in [1.54, 1.807) is 35.8 Å². The molecule has 0 fully saturated rings. The van der Waals surface area contributed by atoms with Crippen LogP contribution in [0.25, 0.3) is 10.9 Å². The maximum atomic E-state index is 11.8. The lowest BCUT2D eigenvalue weighted by atomic mass is 10.2. The van der Waals surface area contributed by atoms with Crippen LogP contribution in [-0.2, 0) is 7.05 Å². The lowest BCUT2D eigenvalue weighted by Gasteiger charge is -2.07. The summed E-state index contributed by atoms with van der Waals surface area (Å²) in [6, 6.07) is 9.79. The molecule has 7 heteroatoms. The summed E-state index contributed by atoms with van der Waals surface area (Å²) in [5.41, 5.74) is 2.31. The van der Waals surface area contributed by atoms with Crippen molar-refractivity contribution in [3.63, 3.8) is 0 Å². The van der Waals surface area contributed by atoms with Crippen molar-refractivity contribution in [2.45, 2.75) is 11.8 Å². The number of rotatable bonds is 5. The first-order valence-corrected chi connectivity index (χ1v) is 8.36. The van der Waals surface area contributed by atoms with E-state index in [0.29, 0.717) is 12.4 Å². The van der Waals surface area contributed by atoms with Gasteiger partial charge >= 0.3 is 6.03 Å². The van der Waals surface area contributed by atoms with Crippen LogP contribution >= 0.6 is 11.8 Å². The number of aromatic nitrogens is 3. The van der Waals surface area contributed by atoms with Crippen LogP contribution in [-0.4, -0.2) is 33.1 Å². The van der Waals surface area contributed by atoms with E-state index in [9.17, 15) is 4.79 Å². The standard InChI is InChI=1S/C16H19N5OS/c1-11-15(12-5-3-4-6-13(12)19-11)23-10-9-17-16(22)20-14-7-8-18-21(14)2/h3-8,19H,9-10H2,1-2H3,(H2,17,20,22). The van der Waals surface area contributed by atoms with Gasteiger partial charge in [-0.1, -0.05) is 18.2 Å². The fraction of sp³-hybridized carbons (Fsp3) is 0.250. The van der Waals surface area contributed by atoms with E-state index in [-0.39, 0.29) is 6.03 Å². The van der Waals surface area contributed by atoms with Gasteiger partial charge in [0.05, 0.1) is 6.20 Å². The third-order valence-corrected chi connectivity index (χ3v) is 4.75. The number of hydrogen-bond donors (Lipinski definition) is 3. The number of carbonyl (C=O) groups is 1. The Morgan fingerprint density at radius 1 is 1.35 bits per heavy atom. The van der Waals surface area contributed by atoms with Crippen molar-refractivity contribution in [1.82, 2.24) is 20.1 Å². The third-order valence-electron chi connectivity index (χ3n) is 3.53. The van der Waals surface area contributed by atoms with Crippen molar-refractivity contribution in [2.24, 2.45) is 7.05 Å². The van der Waals surface area contributed by atoms with Crippen molar-refractivity contribution < 1.29 is 4.79 Å². The highest BCUT2D eigenvalue weighted by atomic mass is 32.2. The minimum absolute atomic E-state index is 0.218. The smallest absolute Gasteiger partial charge is 0.320 e. The average molecular weight is 329 g/mol. The molecule has 2 amide bonds. The number of anilines is 1. The largest absolute Gasteiger partial charge is 0.358 e. The highest BCUT2D eigenvalue weighted by molar-refractivity contribution is 7.99. The number of fused-ring (bicyclic) bond motifs is 1. The lowest BCUT2D eigenvalue weighted by Crippen LogP contribution is -2.31. The predicted molar refractivity (Wildman–Crippen MR) is 94.0 cm³/mol. The molecule has 3 N–H and O–H groups in total. The van der Waals surface area contributed by atoms with Crippen LogP contribution in [0.15, 0.2) is 41.4 Å². The SMILES string of the molecule is Cc1[nH]c2ccccc2c1SCCNC(=O)Nc1ccnn1C. The van der Waals surface area contributed by atoms with Crippen molar-refractivity contribution in [3.8, 4) is 0 Å². The molecule has 0 saturated heterocycles. The van der Waals surface area contributed by atoms with Crippen LogP contribution in [0.5, 0.6) is 0 Å². The molecule has 0 aliphatic carbocycles. The molecule has 0 radical (unpaired) electrons. The summed E-state index contributed by atoms with van der Waals surface area (Å²) in [4.78, 5) is 16.5. The minimum atomic E-state index is -0.218. The second-order valence-corrected chi connectivity index (χ2v) is 6.30. The van der Waals surface area contributed by atoms with Crippen molar-refractivity contribution in [3.05, 3.63) is 42.2 Å². The first-order chi connectivity index (χ1) is 11.1. The van der Waals surface area contributed by atoms with Gasteiger partial charge in [0.25, 0.3) is 0 Å². The highest BCUT2D eigenvalue weighted by Gasteiger charge is 2.09. The second kappa shape index (κ2) is 6.78. The molecule has 0 unspecified atom stereocenters. The second-order valence-electron chi connectivity index (χ2n) is 5.19. The van der Waals surface area contributed by atoms with Gasteiger partial charge in [0.1, 0.15) is 5.82 Å². The number of carbonyl (C=O) groups excluding carboxylic acids is 1. The molecule has 0 aliphatic heterocycles. The molecule has 2 heterocycles. The first-order valence-electron chi connectivity index (χ1n) is 7.38. The van der Waals surface area contributed by atoms with Crippen LogP contribution in [0.3, 0.4) is 0 Å².